The summed E-state index contributed by atoms with van der Waals surface area (Å²) in [6.45, 7) is 2.22. The van der Waals surface area contributed by atoms with E-state index in [2.05, 4.69) is 27.8 Å². The highest BCUT2D eigenvalue weighted by Crippen LogP contribution is 2.26. The van der Waals surface area contributed by atoms with E-state index in [1.807, 2.05) is 91.0 Å². The Balaban J connectivity index is 1.58. The smallest absolute Gasteiger partial charge is 0.323 e. The van der Waals surface area contributed by atoms with Gasteiger partial charge in [-0.15, -0.1) is 0 Å². The molecule has 3 aromatic carbocycles. The Labute approximate surface area is 322 Å². The minimum absolute atomic E-state index is 0.0504. The van der Waals surface area contributed by atoms with Gasteiger partial charge in [-0.1, -0.05) is 90.7 Å². The van der Waals surface area contributed by atoms with Gasteiger partial charge in [-0.2, -0.15) is 0 Å². The van der Waals surface area contributed by atoms with E-state index in [1.165, 1.54) is 0 Å². The number of hydrogen-bond acceptors (Lipinski definition) is 8. The van der Waals surface area contributed by atoms with Crippen LogP contribution < -0.4 is 33.2 Å². The van der Waals surface area contributed by atoms with Gasteiger partial charge in [0, 0.05) is 31.0 Å². The number of nitrogens with two attached hydrogens (primary N) is 3. The first-order valence-electron chi connectivity index (χ1n) is 18.7. The van der Waals surface area contributed by atoms with Gasteiger partial charge in [-0.05, 0) is 75.3 Å². The molecule has 13 nitrogen and oxygen atoms in total. The van der Waals surface area contributed by atoms with Crippen molar-refractivity contribution < 1.29 is 29.1 Å². The van der Waals surface area contributed by atoms with Crippen LogP contribution in [0.4, 0.5) is 0 Å². The van der Waals surface area contributed by atoms with Crippen molar-refractivity contribution in [1.82, 2.24) is 20.9 Å². The van der Waals surface area contributed by atoms with Crippen LogP contribution in [0, 0.1) is 11.8 Å². The predicted molar refractivity (Wildman–Crippen MR) is 210 cm³/mol. The zero-order valence-electron chi connectivity index (χ0n) is 31.3. The molecule has 1 saturated heterocycles. The van der Waals surface area contributed by atoms with Crippen LogP contribution in [-0.2, 0) is 36.8 Å². The van der Waals surface area contributed by atoms with E-state index in [-0.39, 0.29) is 51.0 Å². The van der Waals surface area contributed by atoms with Crippen molar-refractivity contribution in [2.24, 2.45) is 17.2 Å². The highest BCUT2D eigenvalue weighted by molar-refractivity contribution is 5.95. The average Bonchev–Trinajstić information content (AvgIpc) is 3.17. The largest absolute Gasteiger partial charge is 0.480 e. The number of amides is 4. The third-order valence-corrected chi connectivity index (χ3v) is 9.76. The summed E-state index contributed by atoms with van der Waals surface area (Å²) in [5, 5.41) is 18.1. The van der Waals surface area contributed by atoms with Gasteiger partial charge in [-0.25, -0.2) is 0 Å². The Morgan fingerprint density at radius 2 is 1.35 bits per heavy atom. The minimum atomic E-state index is -1.46. The molecule has 2 unspecified atom stereocenters. The van der Waals surface area contributed by atoms with E-state index >= 15 is 0 Å². The van der Waals surface area contributed by atoms with Crippen LogP contribution in [0.25, 0.3) is 0 Å². The molecule has 1 heterocycles. The molecule has 0 bridgehead atoms. The summed E-state index contributed by atoms with van der Waals surface area (Å²) < 4.78 is 0. The first-order chi connectivity index (χ1) is 26.4. The second kappa shape index (κ2) is 20.8. The first-order valence-corrected chi connectivity index (χ1v) is 18.7. The monoisotopic (exact) mass is 751 g/mol. The molecular weight excluding hydrogens is 699 g/mol. The van der Waals surface area contributed by atoms with E-state index in [0.717, 1.165) is 11.1 Å². The maximum absolute atomic E-state index is 14.1. The number of rotatable bonds is 17. The van der Waals surface area contributed by atoms with Crippen LogP contribution in [-0.4, -0.2) is 88.4 Å². The molecule has 0 radical (unpaired) electrons. The molecule has 3 aromatic rings. The van der Waals surface area contributed by atoms with Gasteiger partial charge in [-0.3, -0.25) is 24.0 Å². The maximum atomic E-state index is 14.1. The second-order valence-electron chi connectivity index (χ2n) is 14.1. The number of nitrogens with zero attached hydrogens (tertiary/aromatic N) is 1. The summed E-state index contributed by atoms with van der Waals surface area (Å²) in [4.78, 5) is 69.0. The van der Waals surface area contributed by atoms with Gasteiger partial charge >= 0.3 is 5.97 Å². The molecule has 1 aliphatic heterocycles. The van der Waals surface area contributed by atoms with E-state index in [4.69, 9.17) is 17.2 Å². The highest BCUT2D eigenvalue weighted by atomic mass is 16.4. The van der Waals surface area contributed by atoms with Gasteiger partial charge in [0.05, 0.1) is 6.04 Å². The van der Waals surface area contributed by atoms with Crippen LogP contribution in [0.2, 0.25) is 0 Å². The third kappa shape index (κ3) is 12.8. The molecule has 0 spiro atoms. The lowest BCUT2D eigenvalue weighted by molar-refractivity contribution is -0.150. The van der Waals surface area contributed by atoms with E-state index in [0.29, 0.717) is 24.9 Å². The van der Waals surface area contributed by atoms with Crippen molar-refractivity contribution in [1.29, 1.82) is 0 Å². The van der Waals surface area contributed by atoms with E-state index in [9.17, 15) is 29.1 Å². The predicted octanol–water partition coefficient (Wildman–Crippen LogP) is 1.62. The number of unbranched alkanes of at least 4 members (excludes halogenated alkanes) is 1. The van der Waals surface area contributed by atoms with Gasteiger partial charge < -0.3 is 43.2 Å². The van der Waals surface area contributed by atoms with Gasteiger partial charge in [0.15, 0.2) is 0 Å². The molecule has 292 valence electrons. The molecule has 1 aliphatic rings. The van der Waals surface area contributed by atoms with Crippen molar-refractivity contribution in [3.05, 3.63) is 108 Å². The van der Waals surface area contributed by atoms with Gasteiger partial charge in [0.2, 0.25) is 23.6 Å². The summed E-state index contributed by atoms with van der Waals surface area (Å²) >= 11 is 0. The molecule has 55 heavy (non-hydrogen) atoms. The normalized spacial score (nSPS) is 18.7. The molecule has 0 saturated carbocycles. The lowest BCUT2D eigenvalue weighted by atomic mass is 9.84. The molecule has 10 N–H and O–H groups in total. The first kappa shape index (κ1) is 42.2. The molecule has 4 rings (SSSR count). The number of carbonyl (C=O) groups is 5. The minimum Gasteiger partial charge on any atom is -0.480 e. The standard InChI is InChI=1S/C42H53N7O6/c1-29-28-42(45,41(54)55)23-25-49(29)40(53)35(21-11-12-24-43)47-38(51)34(22-13-20-30-14-5-2-6-15-30)46-39(52)36(27-32-18-9-4-10-19-32)48-37(50)33(44)26-31-16-7-3-8-17-31/h2-10,14-19,29,33-36H,11-12,21-28,43-45H2,1H3,(H,46,52)(H,47,51)(H,48,50)(H,54,55)/t29?,33-,34-,35-,36-,42?/m1/s1. The number of hydrogen-bond donors (Lipinski definition) is 7. The summed E-state index contributed by atoms with van der Waals surface area (Å²) in [5.41, 5.74) is 19.0. The maximum Gasteiger partial charge on any atom is 0.323 e. The summed E-state index contributed by atoms with van der Waals surface area (Å²) in [5.74, 6) is 2.69. The van der Waals surface area contributed by atoms with Gasteiger partial charge in [0.25, 0.3) is 0 Å². The number of nitrogens with one attached hydrogen (secondary N) is 3. The highest BCUT2D eigenvalue weighted by Gasteiger charge is 2.43. The van der Waals surface area contributed by atoms with Crippen LogP contribution in [0.15, 0.2) is 91.0 Å². The molecular formula is C42H53N7O6. The molecule has 0 aromatic heterocycles. The fourth-order valence-electron chi connectivity index (χ4n) is 6.58. The Morgan fingerprint density at radius 3 is 1.93 bits per heavy atom. The number of carboxylic acid groups (broad SMARTS) is 1. The summed E-state index contributed by atoms with van der Waals surface area (Å²) in [6.07, 6.45) is 1.77. The average molecular weight is 752 g/mol. The number of likely N-dealkylation sites (tertiary alicyclic amines) is 1. The Morgan fingerprint density at radius 1 is 0.800 bits per heavy atom. The molecule has 13 heteroatoms. The summed E-state index contributed by atoms with van der Waals surface area (Å²) in [7, 11) is 0. The van der Waals surface area contributed by atoms with Crippen LogP contribution >= 0.6 is 0 Å². The van der Waals surface area contributed by atoms with E-state index < -0.39 is 59.4 Å². The topological polar surface area (TPSA) is 223 Å². The lowest BCUT2D eigenvalue weighted by Gasteiger charge is -2.42. The zero-order valence-corrected chi connectivity index (χ0v) is 31.3. The zero-order chi connectivity index (χ0) is 39.8. The number of carboxylic acids is 1. The Hall–Kier alpha value is -5.55. The molecule has 6 atom stereocenters. The number of benzene rings is 3. The molecule has 0 aliphatic carbocycles. The van der Waals surface area contributed by atoms with Crippen molar-refractivity contribution in [3.8, 4) is 11.8 Å². The molecule has 1 fully saturated rings. The van der Waals surface area contributed by atoms with Crippen molar-refractivity contribution in [2.75, 3.05) is 13.1 Å². The third-order valence-electron chi connectivity index (χ3n) is 9.76. The van der Waals surface area contributed by atoms with Crippen molar-refractivity contribution in [3.63, 3.8) is 0 Å². The van der Waals surface area contributed by atoms with Gasteiger partial charge in [0.1, 0.15) is 23.7 Å². The lowest BCUT2D eigenvalue weighted by Crippen LogP contribution is -2.63. The SMILES string of the molecule is CC1CC(N)(C(=O)O)CCN1C(=O)[C@@H](CCCCN)NC(=O)[C@@H](CC#Cc1ccccc1)NC(=O)[C@@H](Cc1ccccc1)NC(=O)[C@H](N)Cc1ccccc1. The van der Waals surface area contributed by atoms with Crippen LogP contribution in [0.5, 0.6) is 0 Å². The van der Waals surface area contributed by atoms with E-state index in [1.54, 1.807) is 11.8 Å². The van der Waals surface area contributed by atoms with Crippen molar-refractivity contribution in [2.45, 2.75) is 94.0 Å². The second-order valence-corrected chi connectivity index (χ2v) is 14.1. The number of aliphatic carboxylic acids is 1. The quantitative estimate of drug-likeness (QED) is 0.0786. The number of piperidine rings is 1. The van der Waals surface area contributed by atoms with Crippen LogP contribution in [0.3, 0.4) is 0 Å². The number of carbonyl (C=O) groups excluding carboxylic acids is 4. The Kier molecular flexibility index (Phi) is 15.9. The Bertz CT molecular complexity index is 1800. The molecule has 4 amide bonds. The fraction of sp³-hybridized carbons (Fsp3) is 0.405. The van der Waals surface area contributed by atoms with Crippen molar-refractivity contribution >= 4 is 29.6 Å². The fourth-order valence-corrected chi connectivity index (χ4v) is 6.58. The van der Waals surface area contributed by atoms with Crippen LogP contribution in [0.1, 0.15) is 62.1 Å². The summed E-state index contributed by atoms with van der Waals surface area (Å²) in [6, 6.07) is 22.8.